The molecule has 2 aromatic rings. The molecule has 0 aliphatic carbocycles. The molecule has 1 heterocycles. The highest BCUT2D eigenvalue weighted by Crippen LogP contribution is 2.34. The lowest BCUT2D eigenvalue weighted by Gasteiger charge is -2.33. The van der Waals surface area contributed by atoms with Crippen molar-refractivity contribution in [3.8, 4) is 0 Å². The predicted octanol–water partition coefficient (Wildman–Crippen LogP) is 3.33. The number of para-hydroxylation sites is 1. The summed E-state index contributed by atoms with van der Waals surface area (Å²) in [5.74, 6) is -1.13. The lowest BCUT2D eigenvalue weighted by Crippen LogP contribution is -2.42. The molecular formula is C16H15ClFNO3S2. The maximum absolute atomic E-state index is 13.9. The fourth-order valence-electron chi connectivity index (χ4n) is 2.64. The molecule has 2 aromatic carbocycles. The monoisotopic (exact) mass is 387 g/mol. The Balaban J connectivity index is 2.02. The van der Waals surface area contributed by atoms with E-state index in [0.29, 0.717) is 10.6 Å². The minimum atomic E-state index is -3.85. The zero-order chi connectivity index (χ0) is 17.5. The van der Waals surface area contributed by atoms with Crippen molar-refractivity contribution in [1.82, 2.24) is 0 Å². The van der Waals surface area contributed by atoms with E-state index >= 15 is 0 Å². The van der Waals surface area contributed by atoms with E-state index in [4.69, 9.17) is 11.6 Å². The first kappa shape index (κ1) is 17.4. The molecule has 0 radical (unpaired) electrons. The Morgan fingerprint density at radius 3 is 2.75 bits per heavy atom. The van der Waals surface area contributed by atoms with Crippen molar-refractivity contribution in [3.63, 3.8) is 0 Å². The van der Waals surface area contributed by atoms with Crippen LogP contribution >= 0.6 is 11.6 Å². The van der Waals surface area contributed by atoms with Gasteiger partial charge in [-0.25, -0.2) is 12.8 Å². The largest absolute Gasteiger partial charge is 0.268 e. The number of anilines is 1. The maximum atomic E-state index is 13.9. The van der Waals surface area contributed by atoms with Crippen LogP contribution in [0.4, 0.5) is 10.1 Å². The number of rotatable bonds is 3. The number of nitrogens with zero attached hydrogens (tertiary/aromatic N) is 1. The molecule has 0 aromatic heterocycles. The first-order chi connectivity index (χ1) is 11.3. The van der Waals surface area contributed by atoms with Gasteiger partial charge in [0.1, 0.15) is 5.82 Å². The molecule has 0 spiro atoms. The van der Waals surface area contributed by atoms with Crippen LogP contribution in [0.1, 0.15) is 12.5 Å². The van der Waals surface area contributed by atoms with Gasteiger partial charge in [0.25, 0.3) is 0 Å². The van der Waals surface area contributed by atoms with Gasteiger partial charge < -0.3 is 0 Å². The molecule has 2 atom stereocenters. The van der Waals surface area contributed by atoms with Crippen molar-refractivity contribution >= 4 is 38.1 Å². The highest BCUT2D eigenvalue weighted by Gasteiger charge is 2.34. The average Bonchev–Trinajstić information content (AvgIpc) is 2.54. The summed E-state index contributed by atoms with van der Waals surface area (Å²) in [6, 6.07) is 10.5. The second kappa shape index (κ2) is 6.46. The van der Waals surface area contributed by atoms with Gasteiger partial charge in [-0.15, -0.1) is 0 Å². The van der Waals surface area contributed by atoms with E-state index < -0.39 is 32.4 Å². The van der Waals surface area contributed by atoms with E-state index in [1.54, 1.807) is 31.2 Å². The van der Waals surface area contributed by atoms with Crippen molar-refractivity contribution in [3.05, 3.63) is 58.9 Å². The lowest BCUT2D eigenvalue weighted by molar-refractivity contribution is 0.580. The van der Waals surface area contributed by atoms with E-state index in [1.807, 2.05) is 0 Å². The van der Waals surface area contributed by atoms with Crippen molar-refractivity contribution in [2.75, 3.05) is 10.8 Å². The fourth-order valence-corrected chi connectivity index (χ4v) is 5.98. The summed E-state index contributed by atoms with van der Waals surface area (Å²) in [5, 5.41) is -0.0750. The first-order valence-corrected chi connectivity index (χ1v) is 10.4. The van der Waals surface area contributed by atoms with Crippen LogP contribution in [0.15, 0.2) is 47.4 Å². The summed E-state index contributed by atoms with van der Waals surface area (Å²) in [7, 11) is -5.12. The molecule has 128 valence electrons. The second-order valence-corrected chi connectivity index (χ2v) is 9.77. The van der Waals surface area contributed by atoms with E-state index in [2.05, 4.69) is 0 Å². The Bertz CT molecular complexity index is 917. The van der Waals surface area contributed by atoms with Gasteiger partial charge in [-0.05, 0) is 37.3 Å². The maximum Gasteiger partial charge on any atom is 0.239 e. The molecule has 3 rings (SSSR count). The van der Waals surface area contributed by atoms with Crippen molar-refractivity contribution in [2.24, 2.45) is 0 Å². The van der Waals surface area contributed by atoms with Gasteiger partial charge in [0.15, 0.2) is 0 Å². The van der Waals surface area contributed by atoms with Crippen molar-refractivity contribution in [2.45, 2.75) is 22.8 Å². The minimum Gasteiger partial charge on any atom is -0.268 e. The Morgan fingerprint density at radius 2 is 2.00 bits per heavy atom. The van der Waals surface area contributed by atoms with Gasteiger partial charge in [-0.1, -0.05) is 23.7 Å². The van der Waals surface area contributed by atoms with Crippen molar-refractivity contribution < 1.29 is 17.0 Å². The third-order valence-corrected chi connectivity index (χ3v) is 7.41. The van der Waals surface area contributed by atoms with Crippen LogP contribution in [0.2, 0.25) is 5.02 Å². The van der Waals surface area contributed by atoms with Gasteiger partial charge in [-0.2, -0.15) is 0 Å². The highest BCUT2D eigenvalue weighted by molar-refractivity contribution is 7.92. The topological polar surface area (TPSA) is 54.5 Å². The van der Waals surface area contributed by atoms with Crippen LogP contribution in [0.25, 0.3) is 0 Å². The Kier molecular flexibility index (Phi) is 4.68. The molecule has 0 fully saturated rings. The van der Waals surface area contributed by atoms with Crippen LogP contribution in [-0.4, -0.2) is 24.4 Å². The van der Waals surface area contributed by atoms with E-state index in [1.165, 1.54) is 16.4 Å². The molecule has 24 heavy (non-hydrogen) atoms. The number of fused-ring (bicyclic) bond motifs is 1. The van der Waals surface area contributed by atoms with Gasteiger partial charge >= 0.3 is 0 Å². The van der Waals surface area contributed by atoms with Crippen LogP contribution in [0.3, 0.4) is 0 Å². The summed E-state index contributed by atoms with van der Waals surface area (Å²) in [6.45, 7) is 1.82. The second-order valence-electron chi connectivity index (χ2n) is 5.60. The molecule has 4 nitrogen and oxygen atoms in total. The Labute approximate surface area is 147 Å². The summed E-state index contributed by atoms with van der Waals surface area (Å²) in [5.41, 5.74) is 0.399. The molecule has 0 saturated carbocycles. The minimum absolute atomic E-state index is 0.0133. The molecule has 1 aliphatic heterocycles. The summed E-state index contributed by atoms with van der Waals surface area (Å²) < 4.78 is 53.2. The van der Waals surface area contributed by atoms with Crippen LogP contribution in [0, 0.1) is 5.82 Å². The quantitative estimate of drug-likeness (QED) is 0.811. The Morgan fingerprint density at radius 1 is 1.29 bits per heavy atom. The molecule has 0 saturated heterocycles. The summed E-state index contributed by atoms with van der Waals surface area (Å²) in [6.07, 6.45) is 0. The van der Waals surface area contributed by atoms with Gasteiger partial charge in [-0.3, -0.25) is 8.51 Å². The zero-order valence-electron chi connectivity index (χ0n) is 12.8. The third-order valence-electron chi connectivity index (χ3n) is 3.82. The smallest absolute Gasteiger partial charge is 0.239 e. The molecule has 0 N–H and O–H groups in total. The molecular weight excluding hydrogens is 373 g/mol. The van der Waals surface area contributed by atoms with E-state index in [-0.39, 0.29) is 22.4 Å². The molecule has 1 aliphatic rings. The van der Waals surface area contributed by atoms with Crippen LogP contribution in [-0.2, 0) is 26.6 Å². The molecule has 8 heteroatoms. The number of halogens is 2. The Hall–Kier alpha value is -1.44. The van der Waals surface area contributed by atoms with Gasteiger partial charge in [0.2, 0.25) is 10.0 Å². The zero-order valence-corrected chi connectivity index (χ0v) is 15.2. The van der Waals surface area contributed by atoms with Crippen molar-refractivity contribution in [1.29, 1.82) is 0 Å². The summed E-state index contributed by atoms with van der Waals surface area (Å²) >= 11 is 5.84. The number of hydrogen-bond donors (Lipinski definition) is 0. The SMILES string of the molecule is CC1CN(S(=O)(=O)Cc2cc(Cl)ccc2F)c2ccccc2S1=O. The molecule has 2 unspecified atom stereocenters. The highest BCUT2D eigenvalue weighted by atomic mass is 35.5. The summed E-state index contributed by atoms with van der Waals surface area (Å²) in [4.78, 5) is 0.478. The van der Waals surface area contributed by atoms with E-state index in [0.717, 1.165) is 6.07 Å². The van der Waals surface area contributed by atoms with Gasteiger partial charge in [0.05, 0.1) is 32.4 Å². The average molecular weight is 388 g/mol. The van der Waals surface area contributed by atoms with Crippen LogP contribution in [0.5, 0.6) is 0 Å². The fraction of sp³-hybridized carbons (Fsp3) is 0.250. The number of sulfonamides is 1. The van der Waals surface area contributed by atoms with Gasteiger partial charge in [0, 0.05) is 17.1 Å². The normalized spacial score (nSPS) is 20.7. The van der Waals surface area contributed by atoms with E-state index in [9.17, 15) is 17.0 Å². The number of hydrogen-bond acceptors (Lipinski definition) is 3. The third kappa shape index (κ3) is 3.20. The van der Waals surface area contributed by atoms with Crippen LogP contribution < -0.4 is 4.31 Å². The lowest BCUT2D eigenvalue weighted by atomic mass is 10.2. The predicted molar refractivity (Wildman–Crippen MR) is 93.7 cm³/mol. The standard InChI is InChI=1S/C16H15ClFNO3S2/c1-11-9-19(15-4-2-3-5-16(15)23(11)20)24(21,22)10-12-8-13(17)6-7-14(12)18/h2-8,11H,9-10H2,1H3. The first-order valence-electron chi connectivity index (χ1n) is 7.23. The number of benzene rings is 2. The molecule has 0 bridgehead atoms. The molecule has 0 amide bonds.